The number of para-hydroxylation sites is 1. The van der Waals surface area contributed by atoms with E-state index < -0.39 is 5.54 Å². The minimum Gasteiger partial charge on any atom is -0.457 e. The van der Waals surface area contributed by atoms with Crippen LogP contribution >= 0.6 is 0 Å². The first-order valence-electron chi connectivity index (χ1n) is 10.4. The number of fused-ring (bicyclic) bond motifs is 3. The number of pyridine rings is 1. The number of methoxy groups -OCH3 is 1. The van der Waals surface area contributed by atoms with Gasteiger partial charge in [0.1, 0.15) is 22.7 Å². The third-order valence-corrected chi connectivity index (χ3v) is 5.62. The number of carbonyl (C=O) groups is 2. The monoisotopic (exact) mass is 442 g/mol. The van der Waals surface area contributed by atoms with Gasteiger partial charge in [0.15, 0.2) is 5.78 Å². The lowest BCUT2D eigenvalue weighted by molar-refractivity contribution is -0.121. The molecule has 1 atom stereocenters. The first kappa shape index (κ1) is 20.7. The van der Waals surface area contributed by atoms with Gasteiger partial charge < -0.3 is 25.1 Å². The fourth-order valence-corrected chi connectivity index (χ4v) is 3.94. The number of nitrogens with zero attached hydrogens (tertiary/aromatic N) is 1. The average Bonchev–Trinajstić information content (AvgIpc) is 3.26. The van der Waals surface area contributed by atoms with Crippen molar-refractivity contribution < 1.29 is 19.1 Å². The molecule has 3 N–H and O–H groups in total. The van der Waals surface area contributed by atoms with Crippen LogP contribution in [0.1, 0.15) is 22.8 Å². The van der Waals surface area contributed by atoms with Crippen molar-refractivity contribution in [1.29, 1.82) is 0 Å². The van der Waals surface area contributed by atoms with Crippen molar-refractivity contribution in [2.75, 3.05) is 24.4 Å². The molecule has 0 saturated carbocycles. The molecule has 0 unspecified atom stereocenters. The Morgan fingerprint density at radius 3 is 2.52 bits per heavy atom. The lowest BCUT2D eigenvalue weighted by Crippen LogP contribution is -2.53. The number of hydrogen-bond acceptors (Lipinski definition) is 6. The quantitative estimate of drug-likeness (QED) is 0.383. The van der Waals surface area contributed by atoms with E-state index in [0.717, 1.165) is 5.75 Å². The zero-order valence-electron chi connectivity index (χ0n) is 18.1. The molecular formula is C25H22N4O4. The summed E-state index contributed by atoms with van der Waals surface area (Å²) in [4.78, 5) is 33.4. The number of benzene rings is 2. The smallest absolute Gasteiger partial charge is 0.252 e. The van der Waals surface area contributed by atoms with Crippen LogP contribution in [0.4, 0.5) is 11.4 Å². The largest absolute Gasteiger partial charge is 0.457 e. The van der Waals surface area contributed by atoms with E-state index in [2.05, 4.69) is 20.6 Å². The summed E-state index contributed by atoms with van der Waals surface area (Å²) in [6.07, 6.45) is 3.20. The van der Waals surface area contributed by atoms with Crippen LogP contribution in [0.2, 0.25) is 0 Å². The maximum absolute atomic E-state index is 13.4. The van der Waals surface area contributed by atoms with Gasteiger partial charge in [-0.2, -0.15) is 0 Å². The minimum absolute atomic E-state index is 0.165. The molecule has 2 aromatic carbocycles. The van der Waals surface area contributed by atoms with Gasteiger partial charge >= 0.3 is 0 Å². The van der Waals surface area contributed by atoms with Gasteiger partial charge in [-0.15, -0.1) is 0 Å². The van der Waals surface area contributed by atoms with Crippen molar-refractivity contribution in [3.63, 3.8) is 0 Å². The molecule has 0 radical (unpaired) electrons. The number of ketones is 1. The lowest BCUT2D eigenvalue weighted by atomic mass is 9.96. The molecule has 8 nitrogen and oxygen atoms in total. The number of aromatic nitrogens is 2. The van der Waals surface area contributed by atoms with Crippen LogP contribution in [0.15, 0.2) is 67.0 Å². The van der Waals surface area contributed by atoms with Crippen LogP contribution in [-0.2, 0) is 9.53 Å². The second-order valence-corrected chi connectivity index (χ2v) is 8.09. The first-order chi connectivity index (χ1) is 16.0. The highest BCUT2D eigenvalue weighted by molar-refractivity contribution is 6.21. The summed E-state index contributed by atoms with van der Waals surface area (Å²) in [6, 6.07) is 16.4. The van der Waals surface area contributed by atoms with Crippen LogP contribution in [0.3, 0.4) is 0 Å². The molecule has 0 spiro atoms. The van der Waals surface area contributed by atoms with E-state index in [0.29, 0.717) is 39.3 Å². The normalized spacial score (nSPS) is 17.2. The Labute approximate surface area is 189 Å². The maximum atomic E-state index is 13.4. The van der Waals surface area contributed by atoms with Gasteiger partial charge in [0.2, 0.25) is 0 Å². The standard InChI is InChI=1S/C25H22N4O4/c1-25(14-32-2)24(31)28-19-13-27-23-20(21(19)29-25)18(12-26-23)22(30)15-8-10-17(11-9-15)33-16-6-4-3-5-7-16/h3-13,29H,14H2,1-2H3,(H,26,27)(H,28,31)/t25-/m0/s1. The van der Waals surface area contributed by atoms with Gasteiger partial charge in [-0.25, -0.2) is 4.98 Å². The van der Waals surface area contributed by atoms with Gasteiger partial charge in [0.05, 0.1) is 35.1 Å². The molecule has 0 fully saturated rings. The Morgan fingerprint density at radius 2 is 1.79 bits per heavy atom. The SMILES string of the molecule is COC[C@]1(C)Nc2c(cnc3[nH]cc(C(=O)c4ccc(Oc5ccccc5)cc4)c23)NC1=O. The van der Waals surface area contributed by atoms with Crippen molar-refractivity contribution in [1.82, 2.24) is 9.97 Å². The molecule has 3 heterocycles. The predicted molar refractivity (Wildman–Crippen MR) is 125 cm³/mol. The fraction of sp³-hybridized carbons (Fsp3) is 0.160. The van der Waals surface area contributed by atoms with Gasteiger partial charge in [-0.1, -0.05) is 18.2 Å². The van der Waals surface area contributed by atoms with E-state index in [1.54, 1.807) is 43.6 Å². The Hall–Kier alpha value is -4.17. The number of amides is 1. The zero-order valence-corrected chi connectivity index (χ0v) is 18.1. The van der Waals surface area contributed by atoms with Crippen LogP contribution in [-0.4, -0.2) is 40.9 Å². The fourth-order valence-electron chi connectivity index (χ4n) is 3.94. The molecule has 33 heavy (non-hydrogen) atoms. The number of rotatable bonds is 6. The molecule has 0 bridgehead atoms. The summed E-state index contributed by atoms with van der Waals surface area (Å²) in [6.45, 7) is 1.92. The van der Waals surface area contributed by atoms with Gasteiger partial charge in [-0.3, -0.25) is 9.59 Å². The summed E-state index contributed by atoms with van der Waals surface area (Å²) in [5, 5.41) is 6.75. The predicted octanol–water partition coefficient (Wildman–Crippen LogP) is 4.36. The number of ether oxygens (including phenoxy) is 2. The third kappa shape index (κ3) is 3.70. The van der Waals surface area contributed by atoms with E-state index in [9.17, 15) is 9.59 Å². The number of hydrogen-bond donors (Lipinski definition) is 3. The van der Waals surface area contributed by atoms with Gasteiger partial charge in [0, 0.05) is 18.9 Å². The summed E-state index contributed by atoms with van der Waals surface area (Å²) >= 11 is 0. The van der Waals surface area contributed by atoms with E-state index in [-0.39, 0.29) is 18.3 Å². The minimum atomic E-state index is -0.982. The van der Waals surface area contributed by atoms with Crippen LogP contribution in [0, 0.1) is 0 Å². The molecule has 1 aliphatic heterocycles. The molecular weight excluding hydrogens is 420 g/mol. The molecule has 1 aliphatic rings. The number of anilines is 2. The molecule has 1 amide bonds. The Morgan fingerprint density at radius 1 is 1.06 bits per heavy atom. The summed E-state index contributed by atoms with van der Waals surface area (Å²) in [5.74, 6) is 0.957. The Balaban J connectivity index is 1.49. The molecule has 8 heteroatoms. The second-order valence-electron chi connectivity index (χ2n) is 8.09. The van der Waals surface area contributed by atoms with Crippen molar-refractivity contribution in [3.05, 3.63) is 78.1 Å². The highest BCUT2D eigenvalue weighted by Gasteiger charge is 2.39. The van der Waals surface area contributed by atoms with Crippen LogP contribution < -0.4 is 15.4 Å². The molecule has 166 valence electrons. The molecule has 5 rings (SSSR count). The zero-order chi connectivity index (χ0) is 23.0. The first-order valence-corrected chi connectivity index (χ1v) is 10.4. The number of aromatic amines is 1. The summed E-state index contributed by atoms with van der Waals surface area (Å²) < 4.78 is 11.1. The molecule has 2 aromatic heterocycles. The van der Waals surface area contributed by atoms with Gasteiger partial charge in [-0.05, 0) is 43.3 Å². The molecule has 0 aliphatic carbocycles. The highest BCUT2D eigenvalue weighted by Crippen LogP contribution is 2.38. The van der Waals surface area contributed by atoms with Crippen molar-refractivity contribution in [3.8, 4) is 11.5 Å². The van der Waals surface area contributed by atoms with Crippen molar-refractivity contribution >= 4 is 34.1 Å². The van der Waals surface area contributed by atoms with Crippen molar-refractivity contribution in [2.45, 2.75) is 12.5 Å². The number of H-pyrrole nitrogens is 1. The van der Waals surface area contributed by atoms with E-state index in [1.807, 2.05) is 30.3 Å². The number of nitrogens with one attached hydrogen (secondary N) is 3. The Kier molecular flexibility index (Phi) is 5.07. The summed E-state index contributed by atoms with van der Waals surface area (Å²) in [5.41, 5.74) is 1.67. The highest BCUT2D eigenvalue weighted by atomic mass is 16.5. The lowest BCUT2D eigenvalue weighted by Gasteiger charge is -2.35. The summed E-state index contributed by atoms with van der Waals surface area (Å²) in [7, 11) is 1.54. The second kappa shape index (κ2) is 8.07. The maximum Gasteiger partial charge on any atom is 0.252 e. The van der Waals surface area contributed by atoms with Crippen molar-refractivity contribution in [2.24, 2.45) is 0 Å². The molecule has 4 aromatic rings. The van der Waals surface area contributed by atoms with E-state index in [1.165, 1.54) is 7.11 Å². The van der Waals surface area contributed by atoms with E-state index >= 15 is 0 Å². The van der Waals surface area contributed by atoms with Crippen LogP contribution in [0.5, 0.6) is 11.5 Å². The van der Waals surface area contributed by atoms with E-state index in [4.69, 9.17) is 9.47 Å². The number of carbonyl (C=O) groups excluding carboxylic acids is 2. The topological polar surface area (TPSA) is 105 Å². The molecule has 0 saturated heterocycles. The van der Waals surface area contributed by atoms with Crippen LogP contribution in [0.25, 0.3) is 11.0 Å². The Bertz CT molecular complexity index is 1350. The van der Waals surface area contributed by atoms with Gasteiger partial charge in [0.25, 0.3) is 5.91 Å². The third-order valence-electron chi connectivity index (χ3n) is 5.62. The average molecular weight is 442 g/mol.